The van der Waals surface area contributed by atoms with Crippen LogP contribution in [0.15, 0.2) is 54.6 Å². The Morgan fingerprint density at radius 2 is 1.48 bits per heavy atom. The molecule has 0 spiro atoms. The molecular formula is C41H44Cl2N10O. The van der Waals surface area contributed by atoms with Crippen molar-refractivity contribution in [2.75, 3.05) is 89.5 Å². The first kappa shape index (κ1) is 35.2. The average molecular weight is 764 g/mol. The van der Waals surface area contributed by atoms with Crippen molar-refractivity contribution < 1.29 is 4.74 Å². The quantitative estimate of drug-likeness (QED) is 0.177. The molecule has 0 bridgehead atoms. The Balaban J connectivity index is 1.14. The van der Waals surface area contributed by atoms with Gasteiger partial charge in [-0.2, -0.15) is 0 Å². The maximum atomic E-state index is 7.12. The first-order valence-electron chi connectivity index (χ1n) is 18.8. The van der Waals surface area contributed by atoms with E-state index in [1.54, 1.807) is 0 Å². The van der Waals surface area contributed by atoms with Gasteiger partial charge in [0.2, 0.25) is 0 Å². The van der Waals surface area contributed by atoms with Gasteiger partial charge in [0.1, 0.15) is 34.1 Å². The van der Waals surface area contributed by atoms with Crippen LogP contribution in [0.2, 0.25) is 10.0 Å². The smallest absolute Gasteiger partial charge is 0.156 e. The van der Waals surface area contributed by atoms with Crippen molar-refractivity contribution in [3.05, 3.63) is 87.4 Å². The van der Waals surface area contributed by atoms with Gasteiger partial charge in [0, 0.05) is 91.2 Å². The third-order valence-electron chi connectivity index (χ3n) is 11.0. The molecule has 0 saturated carbocycles. The molecule has 0 unspecified atom stereocenters. The summed E-state index contributed by atoms with van der Waals surface area (Å²) in [7, 11) is 4.34. The Kier molecular flexibility index (Phi) is 9.53. The van der Waals surface area contributed by atoms with E-state index in [0.717, 1.165) is 138 Å². The van der Waals surface area contributed by atoms with Crippen LogP contribution in [0, 0.1) is 6.92 Å². The van der Waals surface area contributed by atoms with Crippen molar-refractivity contribution in [1.29, 1.82) is 0 Å². The molecule has 11 nitrogen and oxygen atoms in total. The van der Waals surface area contributed by atoms with Crippen molar-refractivity contribution in [3.8, 4) is 22.5 Å². The highest BCUT2D eigenvalue weighted by Crippen LogP contribution is 2.42. The van der Waals surface area contributed by atoms with Gasteiger partial charge in [-0.15, -0.1) is 0 Å². The average Bonchev–Trinajstić information content (AvgIpc) is 3.78. The van der Waals surface area contributed by atoms with Crippen LogP contribution in [-0.2, 0) is 11.2 Å². The van der Waals surface area contributed by atoms with Gasteiger partial charge in [-0.05, 0) is 62.8 Å². The molecule has 4 aromatic heterocycles. The number of ether oxygens (including phenoxy) is 1. The van der Waals surface area contributed by atoms with Crippen molar-refractivity contribution >= 4 is 62.5 Å². The molecule has 6 aromatic rings. The molecule has 0 amide bonds. The molecule has 3 aliphatic rings. The van der Waals surface area contributed by atoms with Gasteiger partial charge in [-0.1, -0.05) is 53.5 Å². The number of hydrogen-bond donors (Lipinski definition) is 2. The van der Waals surface area contributed by atoms with E-state index in [-0.39, 0.29) is 0 Å². The summed E-state index contributed by atoms with van der Waals surface area (Å²) in [5, 5.41) is 2.35. The lowest BCUT2D eigenvalue weighted by atomic mass is 9.96. The van der Waals surface area contributed by atoms with Crippen LogP contribution in [0.1, 0.15) is 29.2 Å². The third kappa shape index (κ3) is 6.73. The van der Waals surface area contributed by atoms with Gasteiger partial charge in [-0.25, -0.2) is 19.9 Å². The zero-order valence-corrected chi connectivity index (χ0v) is 32.4. The number of likely N-dealkylation sites (N-methyl/N-ethyl adjacent to an activating group) is 2. The highest BCUT2D eigenvalue weighted by atomic mass is 35.5. The van der Waals surface area contributed by atoms with E-state index in [2.05, 4.69) is 67.9 Å². The molecule has 2 N–H and O–H groups in total. The number of anilines is 2. The van der Waals surface area contributed by atoms with Crippen LogP contribution < -0.4 is 9.80 Å². The van der Waals surface area contributed by atoms with Crippen molar-refractivity contribution in [2.24, 2.45) is 0 Å². The monoisotopic (exact) mass is 762 g/mol. The SMILES string of the molecule is Cc1nc(N2CCN(C)CC2)c2[nH]c(-c3cc(Cc4nc(N5CCN(C)CC5)c5cc(-c6ccccc6Cl)[nH]c5n4)ccc3Cl)c(C3=CCOCC3)c2n1. The minimum atomic E-state index is 0.527. The Morgan fingerprint density at radius 1 is 0.759 bits per heavy atom. The van der Waals surface area contributed by atoms with Crippen molar-refractivity contribution in [3.63, 3.8) is 0 Å². The van der Waals surface area contributed by atoms with Gasteiger partial charge in [-0.3, -0.25) is 0 Å². The van der Waals surface area contributed by atoms with Crippen molar-refractivity contribution in [1.82, 2.24) is 39.7 Å². The molecule has 0 radical (unpaired) electrons. The van der Waals surface area contributed by atoms with Gasteiger partial charge < -0.3 is 34.3 Å². The van der Waals surface area contributed by atoms with Crippen molar-refractivity contribution in [2.45, 2.75) is 19.8 Å². The molecule has 2 aromatic carbocycles. The number of fused-ring (bicyclic) bond motifs is 2. The highest BCUT2D eigenvalue weighted by Gasteiger charge is 2.27. The Hall–Kier alpha value is -4.52. The van der Waals surface area contributed by atoms with Crippen LogP contribution >= 0.6 is 23.2 Å². The van der Waals surface area contributed by atoms with E-state index < -0.39 is 0 Å². The second-order valence-corrected chi connectivity index (χ2v) is 15.5. The summed E-state index contributed by atoms with van der Waals surface area (Å²) in [6.07, 6.45) is 3.49. The summed E-state index contributed by atoms with van der Waals surface area (Å²) < 4.78 is 5.75. The zero-order chi connectivity index (χ0) is 36.9. The van der Waals surface area contributed by atoms with E-state index in [9.17, 15) is 0 Å². The lowest BCUT2D eigenvalue weighted by molar-refractivity contribution is 0.161. The maximum absolute atomic E-state index is 7.12. The van der Waals surface area contributed by atoms with E-state index in [1.165, 1.54) is 5.57 Å². The molecule has 278 valence electrons. The van der Waals surface area contributed by atoms with Crippen LogP contribution in [-0.4, -0.2) is 119 Å². The van der Waals surface area contributed by atoms with E-state index >= 15 is 0 Å². The summed E-state index contributed by atoms with van der Waals surface area (Å²) in [6.45, 7) is 10.7. The fraction of sp³-hybridized carbons (Fsp3) is 0.366. The summed E-state index contributed by atoms with van der Waals surface area (Å²) >= 11 is 13.8. The number of halogens is 2. The number of rotatable bonds is 7. The highest BCUT2D eigenvalue weighted by molar-refractivity contribution is 6.34. The minimum Gasteiger partial charge on any atom is -0.377 e. The number of aryl methyl sites for hydroxylation is 1. The first-order valence-corrected chi connectivity index (χ1v) is 19.5. The summed E-state index contributed by atoms with van der Waals surface area (Å²) in [5.74, 6) is 3.38. The number of aromatic amines is 2. The zero-order valence-electron chi connectivity index (χ0n) is 30.9. The van der Waals surface area contributed by atoms with Gasteiger partial charge in [0.15, 0.2) is 5.82 Å². The molecule has 3 aliphatic heterocycles. The lowest BCUT2D eigenvalue weighted by Crippen LogP contribution is -2.45. The van der Waals surface area contributed by atoms with Crippen LogP contribution in [0.25, 0.3) is 50.2 Å². The van der Waals surface area contributed by atoms with Crippen LogP contribution in [0.4, 0.5) is 11.6 Å². The summed E-state index contributed by atoms with van der Waals surface area (Å²) in [6, 6.07) is 16.3. The van der Waals surface area contributed by atoms with Gasteiger partial charge in [0.25, 0.3) is 0 Å². The van der Waals surface area contributed by atoms with Crippen LogP contribution in [0.5, 0.6) is 0 Å². The molecule has 0 aliphatic carbocycles. The molecule has 0 atom stereocenters. The number of hydrogen-bond acceptors (Lipinski definition) is 9. The molecular weight excluding hydrogens is 719 g/mol. The minimum absolute atomic E-state index is 0.527. The fourth-order valence-electron chi connectivity index (χ4n) is 7.93. The Labute approximate surface area is 325 Å². The molecule has 2 saturated heterocycles. The number of benzene rings is 2. The predicted molar refractivity (Wildman–Crippen MR) is 219 cm³/mol. The van der Waals surface area contributed by atoms with E-state index in [1.807, 2.05) is 37.3 Å². The van der Waals surface area contributed by atoms with E-state index in [4.69, 9.17) is 47.9 Å². The van der Waals surface area contributed by atoms with E-state index in [0.29, 0.717) is 29.7 Å². The first-order chi connectivity index (χ1) is 26.3. The van der Waals surface area contributed by atoms with Gasteiger partial charge >= 0.3 is 0 Å². The topological polar surface area (TPSA) is 105 Å². The number of nitrogens with one attached hydrogen (secondary N) is 2. The Bertz CT molecular complexity index is 2390. The number of nitrogens with zero attached hydrogens (tertiary/aromatic N) is 8. The number of aromatic nitrogens is 6. The predicted octanol–water partition coefficient (Wildman–Crippen LogP) is 7.08. The maximum Gasteiger partial charge on any atom is 0.156 e. The number of piperazine rings is 2. The standard InChI is InChI=1S/C41H44Cl2N10O/c1-25-44-37-35(27-10-20-54-21-11-27)36(49-38(37)41(45-25)53-18-14-51(3)15-19-53)29-22-26(8-9-32(29)43)23-34-47-39-30(40(48-34)52-16-12-50(2)13-17-52)24-33(46-39)28-6-4-5-7-31(28)42/h4-10,22,24,49H,11-21,23H2,1-3H3,(H,46,47,48). The number of H-pyrrole nitrogens is 2. The molecule has 13 heteroatoms. The normalized spacial score (nSPS) is 17.5. The van der Waals surface area contributed by atoms with Gasteiger partial charge in [0.05, 0.1) is 24.3 Å². The molecule has 2 fully saturated rings. The van der Waals surface area contributed by atoms with Crippen LogP contribution in [0.3, 0.4) is 0 Å². The largest absolute Gasteiger partial charge is 0.377 e. The lowest BCUT2D eigenvalue weighted by Gasteiger charge is -2.33. The summed E-state index contributed by atoms with van der Waals surface area (Å²) in [4.78, 5) is 37.3. The molecule has 9 rings (SSSR count). The second-order valence-electron chi connectivity index (χ2n) is 14.7. The fourth-order valence-corrected chi connectivity index (χ4v) is 8.38. The Morgan fingerprint density at radius 3 is 2.20 bits per heavy atom. The summed E-state index contributed by atoms with van der Waals surface area (Å²) in [5.41, 5.74) is 9.73. The third-order valence-corrected chi connectivity index (χ3v) is 11.6. The molecule has 54 heavy (non-hydrogen) atoms. The molecule has 7 heterocycles. The second kappa shape index (κ2) is 14.6.